The van der Waals surface area contributed by atoms with Gasteiger partial charge in [0.05, 0.1) is 6.04 Å². The van der Waals surface area contributed by atoms with Gasteiger partial charge in [0.15, 0.2) is 0 Å². The topological polar surface area (TPSA) is 61.4 Å². The molecule has 5 nitrogen and oxygen atoms in total. The van der Waals surface area contributed by atoms with E-state index < -0.39 is 0 Å². The number of hydrogen-bond donors (Lipinski definition) is 2. The summed E-state index contributed by atoms with van der Waals surface area (Å²) in [5, 5.41) is 6.11. The van der Waals surface area contributed by atoms with Crippen LogP contribution in [-0.4, -0.2) is 36.3 Å². The SMILES string of the molecule is CC(=O)NC(CCN1CCC(c2cccc(NC(=O)C(C)C)c2)CC1)c1ccccc1. The highest BCUT2D eigenvalue weighted by Gasteiger charge is 2.22. The summed E-state index contributed by atoms with van der Waals surface area (Å²) in [7, 11) is 0. The lowest BCUT2D eigenvalue weighted by molar-refractivity contribution is -0.120. The molecule has 1 fully saturated rings. The van der Waals surface area contributed by atoms with Crippen molar-refractivity contribution in [2.45, 2.75) is 52.0 Å². The Bertz CT molecular complexity index is 858. The molecule has 31 heavy (non-hydrogen) atoms. The van der Waals surface area contributed by atoms with Crippen molar-refractivity contribution in [1.82, 2.24) is 10.2 Å². The highest BCUT2D eigenvalue weighted by Crippen LogP contribution is 2.30. The van der Waals surface area contributed by atoms with E-state index in [2.05, 4.69) is 39.8 Å². The van der Waals surface area contributed by atoms with Gasteiger partial charge in [-0.2, -0.15) is 0 Å². The highest BCUT2D eigenvalue weighted by atomic mass is 16.2. The molecule has 5 heteroatoms. The number of carbonyl (C=O) groups excluding carboxylic acids is 2. The van der Waals surface area contributed by atoms with E-state index in [9.17, 15) is 9.59 Å². The van der Waals surface area contributed by atoms with Crippen LogP contribution in [0.15, 0.2) is 54.6 Å². The summed E-state index contributed by atoms with van der Waals surface area (Å²) in [4.78, 5) is 26.2. The Balaban J connectivity index is 1.52. The molecule has 1 aliphatic heterocycles. The van der Waals surface area contributed by atoms with Crippen LogP contribution in [0.25, 0.3) is 0 Å². The third-order valence-electron chi connectivity index (χ3n) is 6.05. The number of nitrogens with one attached hydrogen (secondary N) is 2. The van der Waals surface area contributed by atoms with Crippen LogP contribution >= 0.6 is 0 Å². The third-order valence-corrected chi connectivity index (χ3v) is 6.05. The molecule has 2 aromatic rings. The minimum Gasteiger partial charge on any atom is -0.349 e. The number of carbonyl (C=O) groups is 2. The quantitative estimate of drug-likeness (QED) is 0.648. The van der Waals surface area contributed by atoms with E-state index in [-0.39, 0.29) is 23.8 Å². The molecule has 3 rings (SSSR count). The predicted octanol–water partition coefficient (Wildman–Crippen LogP) is 4.73. The molecule has 2 aromatic carbocycles. The van der Waals surface area contributed by atoms with Gasteiger partial charge >= 0.3 is 0 Å². The Morgan fingerprint density at radius 3 is 2.39 bits per heavy atom. The van der Waals surface area contributed by atoms with Crippen molar-refractivity contribution in [3.8, 4) is 0 Å². The van der Waals surface area contributed by atoms with E-state index in [0.29, 0.717) is 5.92 Å². The maximum absolute atomic E-state index is 12.0. The maximum atomic E-state index is 12.0. The molecule has 1 aliphatic rings. The molecular weight excluding hydrogens is 386 g/mol. The number of benzene rings is 2. The third kappa shape index (κ3) is 6.93. The lowest BCUT2D eigenvalue weighted by atomic mass is 9.89. The van der Waals surface area contributed by atoms with Gasteiger partial charge in [0.2, 0.25) is 11.8 Å². The lowest BCUT2D eigenvalue weighted by Gasteiger charge is -2.33. The zero-order chi connectivity index (χ0) is 22.2. The van der Waals surface area contributed by atoms with Gasteiger partial charge in [-0.25, -0.2) is 0 Å². The molecule has 1 atom stereocenters. The fourth-order valence-corrected chi connectivity index (χ4v) is 4.21. The van der Waals surface area contributed by atoms with Crippen molar-refractivity contribution >= 4 is 17.5 Å². The van der Waals surface area contributed by atoms with Gasteiger partial charge in [-0.05, 0) is 61.5 Å². The summed E-state index contributed by atoms with van der Waals surface area (Å²) < 4.78 is 0. The summed E-state index contributed by atoms with van der Waals surface area (Å²) in [5.41, 5.74) is 3.36. The van der Waals surface area contributed by atoms with Crippen LogP contribution in [0.5, 0.6) is 0 Å². The molecule has 0 aromatic heterocycles. The van der Waals surface area contributed by atoms with E-state index in [1.165, 1.54) is 5.56 Å². The van der Waals surface area contributed by atoms with Gasteiger partial charge in [0.1, 0.15) is 0 Å². The van der Waals surface area contributed by atoms with Crippen LogP contribution in [0.4, 0.5) is 5.69 Å². The van der Waals surface area contributed by atoms with Crippen molar-refractivity contribution in [1.29, 1.82) is 0 Å². The Morgan fingerprint density at radius 1 is 1.03 bits per heavy atom. The van der Waals surface area contributed by atoms with Crippen LogP contribution in [0.1, 0.15) is 63.1 Å². The first kappa shape index (κ1) is 23.0. The van der Waals surface area contributed by atoms with Crippen molar-refractivity contribution < 1.29 is 9.59 Å². The van der Waals surface area contributed by atoms with Crippen LogP contribution < -0.4 is 10.6 Å². The second-order valence-electron chi connectivity index (χ2n) is 8.84. The highest BCUT2D eigenvalue weighted by molar-refractivity contribution is 5.92. The second kappa shape index (κ2) is 11.1. The zero-order valence-electron chi connectivity index (χ0n) is 18.9. The van der Waals surface area contributed by atoms with E-state index in [0.717, 1.165) is 50.1 Å². The number of anilines is 1. The smallest absolute Gasteiger partial charge is 0.226 e. The van der Waals surface area contributed by atoms with Crippen LogP contribution in [0.2, 0.25) is 0 Å². The zero-order valence-corrected chi connectivity index (χ0v) is 18.9. The van der Waals surface area contributed by atoms with Gasteiger partial charge < -0.3 is 15.5 Å². The van der Waals surface area contributed by atoms with Gasteiger partial charge in [-0.15, -0.1) is 0 Å². The van der Waals surface area contributed by atoms with Crippen molar-refractivity contribution in [2.24, 2.45) is 5.92 Å². The summed E-state index contributed by atoms with van der Waals surface area (Å²) in [6, 6.07) is 18.6. The van der Waals surface area contributed by atoms with Gasteiger partial charge in [0.25, 0.3) is 0 Å². The largest absolute Gasteiger partial charge is 0.349 e. The Kier molecular flexibility index (Phi) is 8.24. The fraction of sp³-hybridized carbons (Fsp3) is 0.462. The number of rotatable bonds is 8. The molecule has 0 spiro atoms. The van der Waals surface area contributed by atoms with E-state index >= 15 is 0 Å². The fourth-order valence-electron chi connectivity index (χ4n) is 4.21. The summed E-state index contributed by atoms with van der Waals surface area (Å²) in [6.07, 6.45) is 3.13. The monoisotopic (exact) mass is 421 g/mol. The summed E-state index contributed by atoms with van der Waals surface area (Å²) in [6.45, 7) is 8.46. The Morgan fingerprint density at radius 2 is 1.74 bits per heavy atom. The van der Waals surface area contributed by atoms with Crippen LogP contribution in [-0.2, 0) is 9.59 Å². The molecular formula is C26H35N3O2. The van der Waals surface area contributed by atoms with Gasteiger partial charge in [0, 0.05) is 25.1 Å². The van der Waals surface area contributed by atoms with Crippen molar-refractivity contribution in [3.63, 3.8) is 0 Å². The van der Waals surface area contributed by atoms with Gasteiger partial charge in [-0.1, -0.05) is 56.3 Å². The molecule has 2 N–H and O–H groups in total. The minimum atomic E-state index is -0.0240. The number of nitrogens with zero attached hydrogens (tertiary/aromatic N) is 1. The number of likely N-dealkylation sites (tertiary alicyclic amines) is 1. The maximum Gasteiger partial charge on any atom is 0.226 e. The number of hydrogen-bond acceptors (Lipinski definition) is 3. The normalized spacial score (nSPS) is 16.1. The standard InChI is InChI=1S/C26H35N3O2/c1-19(2)26(31)28-24-11-7-10-23(18-24)21-12-15-29(16-13-21)17-14-25(27-20(3)30)22-8-5-4-6-9-22/h4-11,18-19,21,25H,12-17H2,1-3H3,(H,27,30)(H,28,31). The number of piperidine rings is 1. The first-order valence-corrected chi connectivity index (χ1v) is 11.4. The molecule has 1 heterocycles. The Labute approximate surface area is 186 Å². The van der Waals surface area contributed by atoms with E-state index in [4.69, 9.17) is 0 Å². The molecule has 1 saturated heterocycles. The van der Waals surface area contributed by atoms with E-state index in [1.54, 1.807) is 6.92 Å². The molecule has 0 bridgehead atoms. The molecule has 1 unspecified atom stereocenters. The first-order chi connectivity index (χ1) is 14.9. The summed E-state index contributed by atoms with van der Waals surface area (Å²) in [5.74, 6) is 0.563. The first-order valence-electron chi connectivity index (χ1n) is 11.4. The average molecular weight is 422 g/mol. The summed E-state index contributed by atoms with van der Waals surface area (Å²) >= 11 is 0. The van der Waals surface area contributed by atoms with Crippen LogP contribution in [0, 0.1) is 5.92 Å². The molecule has 2 amide bonds. The lowest BCUT2D eigenvalue weighted by Crippen LogP contribution is -2.36. The minimum absolute atomic E-state index is 0.0111. The van der Waals surface area contributed by atoms with Crippen LogP contribution in [0.3, 0.4) is 0 Å². The van der Waals surface area contributed by atoms with Crippen molar-refractivity contribution in [2.75, 3.05) is 25.0 Å². The second-order valence-corrected chi connectivity index (χ2v) is 8.84. The number of amides is 2. The molecule has 166 valence electrons. The molecule has 0 aliphatic carbocycles. The molecule has 0 saturated carbocycles. The van der Waals surface area contributed by atoms with Crippen molar-refractivity contribution in [3.05, 3.63) is 65.7 Å². The average Bonchev–Trinajstić information content (AvgIpc) is 2.77. The van der Waals surface area contributed by atoms with E-state index in [1.807, 2.05) is 44.2 Å². The predicted molar refractivity (Wildman–Crippen MR) is 126 cm³/mol. The molecule has 0 radical (unpaired) electrons. The van der Waals surface area contributed by atoms with Gasteiger partial charge in [-0.3, -0.25) is 9.59 Å². The Hall–Kier alpha value is -2.66.